The molecule has 0 bridgehead atoms. The number of aromatic nitrogens is 1. The largest absolute Gasteiger partial charge is 0.480 e. The second-order valence-corrected chi connectivity index (χ2v) is 4.06. The van der Waals surface area contributed by atoms with Crippen LogP contribution in [0.1, 0.15) is 17.2 Å². The van der Waals surface area contributed by atoms with E-state index >= 15 is 0 Å². The summed E-state index contributed by atoms with van der Waals surface area (Å²) >= 11 is 6.15. The number of benzene rings is 1. The normalized spacial score (nSPS) is 12.9. The van der Waals surface area contributed by atoms with E-state index in [2.05, 4.69) is 4.98 Å². The first-order chi connectivity index (χ1) is 7.52. The number of rotatable bonds is 2. The van der Waals surface area contributed by atoms with Gasteiger partial charge < -0.3 is 15.8 Å². The molecule has 0 saturated heterocycles. The zero-order chi connectivity index (χ0) is 11.9. The molecule has 0 aliphatic heterocycles. The highest BCUT2D eigenvalue weighted by Crippen LogP contribution is 2.32. The van der Waals surface area contributed by atoms with Gasteiger partial charge in [-0.15, -0.1) is 0 Å². The minimum absolute atomic E-state index is 0.510. The zero-order valence-corrected chi connectivity index (χ0v) is 9.38. The van der Waals surface area contributed by atoms with Gasteiger partial charge in [-0.05, 0) is 18.6 Å². The number of carboxylic acids is 1. The number of fused-ring (bicyclic) bond motifs is 1. The van der Waals surface area contributed by atoms with Crippen LogP contribution >= 0.6 is 11.6 Å². The van der Waals surface area contributed by atoms with Crippen molar-refractivity contribution in [2.75, 3.05) is 0 Å². The summed E-state index contributed by atoms with van der Waals surface area (Å²) in [4.78, 5) is 13.8. The summed E-state index contributed by atoms with van der Waals surface area (Å²) in [5.74, 6) is -1.07. The van der Waals surface area contributed by atoms with Crippen molar-refractivity contribution < 1.29 is 9.90 Å². The lowest BCUT2D eigenvalue weighted by Gasteiger charge is -2.06. The molecule has 0 spiro atoms. The van der Waals surface area contributed by atoms with Gasteiger partial charge in [0, 0.05) is 22.7 Å². The van der Waals surface area contributed by atoms with Gasteiger partial charge >= 0.3 is 5.97 Å². The summed E-state index contributed by atoms with van der Waals surface area (Å²) in [6, 6.07) is 2.67. The summed E-state index contributed by atoms with van der Waals surface area (Å²) in [5, 5.41) is 10.1. The van der Waals surface area contributed by atoms with Crippen molar-refractivity contribution >= 4 is 28.5 Å². The molecule has 1 aromatic carbocycles. The van der Waals surface area contributed by atoms with Crippen LogP contribution in [0.2, 0.25) is 5.02 Å². The van der Waals surface area contributed by atoms with Crippen LogP contribution in [0.15, 0.2) is 18.3 Å². The highest BCUT2D eigenvalue weighted by Gasteiger charge is 2.20. The fourth-order valence-electron chi connectivity index (χ4n) is 1.69. The van der Waals surface area contributed by atoms with Crippen LogP contribution in [0, 0.1) is 6.92 Å². The first-order valence-electron chi connectivity index (χ1n) is 4.77. The lowest BCUT2D eigenvalue weighted by molar-refractivity contribution is -0.138. The first kappa shape index (κ1) is 11.0. The summed E-state index contributed by atoms with van der Waals surface area (Å²) in [6.07, 6.45) is 1.59. The quantitative estimate of drug-likeness (QED) is 0.751. The molecule has 4 N–H and O–H groups in total. The maximum absolute atomic E-state index is 10.9. The van der Waals surface area contributed by atoms with Crippen LogP contribution in [0.5, 0.6) is 0 Å². The Morgan fingerprint density at radius 3 is 2.88 bits per heavy atom. The van der Waals surface area contributed by atoms with Crippen molar-refractivity contribution in [1.29, 1.82) is 0 Å². The van der Waals surface area contributed by atoms with Crippen molar-refractivity contribution in [3.05, 3.63) is 34.5 Å². The van der Waals surface area contributed by atoms with Crippen LogP contribution in [0.3, 0.4) is 0 Å². The fraction of sp³-hybridized carbons (Fsp3) is 0.182. The van der Waals surface area contributed by atoms with Gasteiger partial charge in [0.1, 0.15) is 6.04 Å². The molecule has 0 amide bonds. The maximum atomic E-state index is 10.9. The van der Waals surface area contributed by atoms with E-state index in [0.29, 0.717) is 16.0 Å². The van der Waals surface area contributed by atoms with E-state index in [1.165, 1.54) is 0 Å². The topological polar surface area (TPSA) is 79.1 Å². The molecule has 0 radical (unpaired) electrons. The Hall–Kier alpha value is -1.52. The van der Waals surface area contributed by atoms with Crippen LogP contribution in [-0.2, 0) is 4.79 Å². The Balaban J connectivity index is 2.72. The number of carboxylic acid groups (broad SMARTS) is 1. The molecule has 5 heteroatoms. The van der Waals surface area contributed by atoms with Crippen molar-refractivity contribution in [2.45, 2.75) is 13.0 Å². The first-order valence-corrected chi connectivity index (χ1v) is 5.14. The Morgan fingerprint density at radius 2 is 2.25 bits per heavy atom. The van der Waals surface area contributed by atoms with E-state index in [-0.39, 0.29) is 0 Å². The van der Waals surface area contributed by atoms with Crippen molar-refractivity contribution in [3.63, 3.8) is 0 Å². The zero-order valence-electron chi connectivity index (χ0n) is 8.62. The number of carbonyl (C=O) groups is 1. The summed E-state index contributed by atoms with van der Waals surface area (Å²) in [6.45, 7) is 1.87. The Labute approximate surface area is 97.0 Å². The molecule has 4 nitrogen and oxygen atoms in total. The molecule has 84 valence electrons. The highest BCUT2D eigenvalue weighted by molar-refractivity contribution is 6.36. The average molecular weight is 239 g/mol. The van der Waals surface area contributed by atoms with Gasteiger partial charge in [-0.2, -0.15) is 0 Å². The van der Waals surface area contributed by atoms with Crippen LogP contribution in [-0.4, -0.2) is 16.1 Å². The number of H-pyrrole nitrogens is 1. The number of hydrogen-bond acceptors (Lipinski definition) is 2. The second-order valence-electron chi connectivity index (χ2n) is 3.68. The highest BCUT2D eigenvalue weighted by atomic mass is 35.5. The summed E-state index contributed by atoms with van der Waals surface area (Å²) in [7, 11) is 0. The van der Waals surface area contributed by atoms with E-state index < -0.39 is 12.0 Å². The standard InChI is InChI=1S/C11H11ClN2O2/c1-5-2-3-7-8(9(5)12)6(4-14-7)10(13)11(15)16/h2-4,10,14H,13H2,1H3,(H,15,16). The SMILES string of the molecule is Cc1ccc2[nH]cc(C(N)C(=O)O)c2c1Cl. The van der Waals surface area contributed by atoms with E-state index in [4.69, 9.17) is 22.4 Å². The molecular weight excluding hydrogens is 228 g/mol. The molecule has 0 aliphatic carbocycles. The smallest absolute Gasteiger partial charge is 0.325 e. The Kier molecular flexibility index (Phi) is 2.61. The third-order valence-electron chi connectivity index (χ3n) is 2.61. The molecule has 0 saturated carbocycles. The van der Waals surface area contributed by atoms with Gasteiger partial charge in [0.05, 0.1) is 5.02 Å². The summed E-state index contributed by atoms with van der Waals surface area (Å²) < 4.78 is 0. The predicted octanol–water partition coefficient (Wildman–Crippen LogP) is 2.21. The van der Waals surface area contributed by atoms with E-state index in [9.17, 15) is 4.79 Å². The molecule has 0 fully saturated rings. The molecule has 1 heterocycles. The minimum Gasteiger partial charge on any atom is -0.480 e. The van der Waals surface area contributed by atoms with Crippen LogP contribution < -0.4 is 5.73 Å². The fourth-order valence-corrected chi connectivity index (χ4v) is 1.96. The third kappa shape index (κ3) is 1.56. The minimum atomic E-state index is -1.07. The molecule has 1 unspecified atom stereocenters. The molecule has 1 atom stereocenters. The number of hydrogen-bond donors (Lipinski definition) is 3. The Morgan fingerprint density at radius 1 is 1.56 bits per heavy atom. The van der Waals surface area contributed by atoms with E-state index in [0.717, 1.165) is 11.1 Å². The van der Waals surface area contributed by atoms with Crippen LogP contribution in [0.4, 0.5) is 0 Å². The molecule has 2 aromatic rings. The number of halogens is 1. The van der Waals surface area contributed by atoms with Crippen molar-refractivity contribution in [1.82, 2.24) is 4.98 Å². The number of nitrogens with two attached hydrogens (primary N) is 1. The van der Waals surface area contributed by atoms with Gasteiger partial charge in [-0.1, -0.05) is 17.7 Å². The van der Waals surface area contributed by atoms with Crippen molar-refractivity contribution in [2.24, 2.45) is 5.73 Å². The predicted molar refractivity (Wildman–Crippen MR) is 62.6 cm³/mol. The number of nitrogens with one attached hydrogen (secondary N) is 1. The van der Waals surface area contributed by atoms with Gasteiger partial charge in [0.15, 0.2) is 0 Å². The number of aryl methyl sites for hydroxylation is 1. The van der Waals surface area contributed by atoms with Gasteiger partial charge in [-0.3, -0.25) is 4.79 Å². The molecule has 2 rings (SSSR count). The van der Waals surface area contributed by atoms with Gasteiger partial charge in [0.25, 0.3) is 0 Å². The number of aliphatic carboxylic acids is 1. The molecular formula is C11H11ClN2O2. The molecule has 0 aliphatic rings. The number of aromatic amines is 1. The molecule has 1 aromatic heterocycles. The maximum Gasteiger partial charge on any atom is 0.325 e. The van der Waals surface area contributed by atoms with Gasteiger partial charge in [0.2, 0.25) is 0 Å². The lowest BCUT2D eigenvalue weighted by atomic mass is 10.0. The molecule has 16 heavy (non-hydrogen) atoms. The third-order valence-corrected chi connectivity index (χ3v) is 3.10. The Bertz CT molecular complexity index is 562. The monoisotopic (exact) mass is 238 g/mol. The summed E-state index contributed by atoms with van der Waals surface area (Å²) in [5.41, 5.74) is 7.79. The average Bonchev–Trinajstić information content (AvgIpc) is 2.66. The lowest BCUT2D eigenvalue weighted by Crippen LogP contribution is -2.20. The van der Waals surface area contributed by atoms with Gasteiger partial charge in [-0.25, -0.2) is 0 Å². The van der Waals surface area contributed by atoms with E-state index in [1.807, 2.05) is 19.1 Å². The van der Waals surface area contributed by atoms with Crippen LogP contribution in [0.25, 0.3) is 10.9 Å². The van der Waals surface area contributed by atoms with Crippen molar-refractivity contribution in [3.8, 4) is 0 Å². The second kappa shape index (κ2) is 3.81. The van der Waals surface area contributed by atoms with E-state index in [1.54, 1.807) is 6.20 Å².